The van der Waals surface area contributed by atoms with Gasteiger partial charge in [-0.25, -0.2) is 0 Å². The Morgan fingerprint density at radius 1 is 0.794 bits per heavy atom. The summed E-state index contributed by atoms with van der Waals surface area (Å²) < 4.78 is 8.55. The van der Waals surface area contributed by atoms with Gasteiger partial charge in [-0.3, -0.25) is 10.2 Å². The molecular weight excluding hydrogens is 422 g/mol. The van der Waals surface area contributed by atoms with Gasteiger partial charge in [-0.15, -0.1) is 0 Å². The number of rotatable bonds is 7. The lowest BCUT2D eigenvalue weighted by atomic mass is 10.1. The van der Waals surface area contributed by atoms with Crippen molar-refractivity contribution in [2.24, 2.45) is 0 Å². The highest BCUT2D eigenvalue weighted by atomic mass is 16.7. The summed E-state index contributed by atoms with van der Waals surface area (Å²) in [6, 6.07) is 31.9. The van der Waals surface area contributed by atoms with E-state index >= 15 is 0 Å². The Balaban J connectivity index is 1.28. The molecule has 0 spiro atoms. The highest BCUT2D eigenvalue weighted by Crippen LogP contribution is 2.29. The largest absolute Gasteiger partial charge is 0.489 e. The van der Waals surface area contributed by atoms with Crippen LogP contribution in [0.1, 0.15) is 16.7 Å². The number of fused-ring (bicyclic) bond motifs is 2. The second-order valence-corrected chi connectivity index (χ2v) is 8.74. The van der Waals surface area contributed by atoms with Gasteiger partial charge in [-0.05, 0) is 51.7 Å². The van der Waals surface area contributed by atoms with Crippen LogP contribution in [0.4, 0.5) is 0 Å². The minimum Gasteiger partial charge on any atom is -0.489 e. The van der Waals surface area contributed by atoms with E-state index in [9.17, 15) is 0 Å². The van der Waals surface area contributed by atoms with Crippen molar-refractivity contribution in [1.82, 2.24) is 14.9 Å². The molecule has 0 unspecified atom stereocenters. The summed E-state index contributed by atoms with van der Waals surface area (Å²) in [5.41, 5.74) is 4.87. The van der Waals surface area contributed by atoms with E-state index in [1.807, 2.05) is 5.06 Å². The number of aromatic nitrogens is 1. The molecule has 6 rings (SSSR count). The molecule has 5 heteroatoms. The molecule has 1 aliphatic rings. The highest BCUT2D eigenvalue weighted by molar-refractivity contribution is 5.86. The predicted octanol–water partition coefficient (Wildman–Crippen LogP) is 5.67. The fourth-order valence-corrected chi connectivity index (χ4v) is 4.62. The third kappa shape index (κ3) is 4.41. The smallest absolute Gasteiger partial charge is 0.120 e. The minimum atomic E-state index is 0.537. The van der Waals surface area contributed by atoms with Gasteiger partial charge < -0.3 is 9.30 Å². The summed E-state index contributed by atoms with van der Waals surface area (Å²) in [6.45, 7) is 3.37. The number of hydrogen-bond donors (Lipinski definition) is 1. The quantitative estimate of drug-likeness (QED) is 0.347. The van der Waals surface area contributed by atoms with E-state index in [0.717, 1.165) is 31.1 Å². The van der Waals surface area contributed by atoms with Crippen molar-refractivity contribution < 1.29 is 9.57 Å². The SMILES string of the molecule is c1ccc(Cn2cc(CN3CNCO3)c3cc(OCc4ccc5ccccc5c4)ccc32)cc1. The molecular formula is C29H27N3O2. The zero-order valence-corrected chi connectivity index (χ0v) is 19.0. The van der Waals surface area contributed by atoms with Crippen molar-refractivity contribution in [1.29, 1.82) is 0 Å². The Morgan fingerprint density at radius 2 is 1.65 bits per heavy atom. The molecule has 0 saturated carbocycles. The first-order chi connectivity index (χ1) is 16.8. The van der Waals surface area contributed by atoms with E-state index in [0.29, 0.717) is 13.3 Å². The molecule has 5 aromatic rings. The Morgan fingerprint density at radius 3 is 2.50 bits per heavy atom. The van der Waals surface area contributed by atoms with Gasteiger partial charge in [-0.2, -0.15) is 5.06 Å². The third-order valence-electron chi connectivity index (χ3n) is 6.33. The number of benzene rings is 4. The third-order valence-corrected chi connectivity index (χ3v) is 6.33. The molecule has 1 saturated heterocycles. The van der Waals surface area contributed by atoms with Gasteiger partial charge in [0, 0.05) is 23.6 Å². The van der Waals surface area contributed by atoms with Crippen LogP contribution in [0.2, 0.25) is 0 Å². The van der Waals surface area contributed by atoms with E-state index in [2.05, 4.69) is 107 Å². The Labute approximate surface area is 199 Å². The number of hydrogen-bond acceptors (Lipinski definition) is 4. The van der Waals surface area contributed by atoms with Gasteiger partial charge in [0.15, 0.2) is 0 Å². The molecule has 1 N–H and O–H groups in total. The van der Waals surface area contributed by atoms with Crippen LogP contribution < -0.4 is 10.1 Å². The molecule has 0 atom stereocenters. The van der Waals surface area contributed by atoms with Crippen LogP contribution in [0, 0.1) is 0 Å². The standard InChI is InChI=1S/C29H27N3O2/c1-2-6-22(7-3-1)16-31-17-26(18-32-20-30-21-34-32)28-15-27(12-13-29(28)31)33-19-23-10-11-24-8-4-5-9-25(24)14-23/h1-15,17,30H,16,18-21H2. The van der Waals surface area contributed by atoms with E-state index in [4.69, 9.17) is 9.57 Å². The summed E-state index contributed by atoms with van der Waals surface area (Å²) in [5.74, 6) is 0.875. The zero-order chi connectivity index (χ0) is 22.7. The minimum absolute atomic E-state index is 0.537. The number of ether oxygens (including phenoxy) is 1. The summed E-state index contributed by atoms with van der Waals surface area (Å²) in [6.07, 6.45) is 2.24. The number of nitrogens with one attached hydrogen (secondary N) is 1. The molecule has 0 bridgehead atoms. The topological polar surface area (TPSA) is 38.7 Å². The number of nitrogens with zero attached hydrogens (tertiary/aromatic N) is 2. The van der Waals surface area contributed by atoms with Crippen LogP contribution in [0.15, 0.2) is 97.2 Å². The fourth-order valence-electron chi connectivity index (χ4n) is 4.62. The van der Waals surface area contributed by atoms with Gasteiger partial charge in [0.05, 0.1) is 13.2 Å². The Hall–Kier alpha value is -3.64. The van der Waals surface area contributed by atoms with Crippen LogP contribution in [-0.4, -0.2) is 23.0 Å². The maximum Gasteiger partial charge on any atom is 0.120 e. The maximum atomic E-state index is 6.24. The van der Waals surface area contributed by atoms with Gasteiger partial charge >= 0.3 is 0 Å². The van der Waals surface area contributed by atoms with Gasteiger partial charge in [0.25, 0.3) is 0 Å². The van der Waals surface area contributed by atoms with E-state index in [1.54, 1.807) is 0 Å². The van der Waals surface area contributed by atoms with E-state index in [-0.39, 0.29) is 0 Å². The van der Waals surface area contributed by atoms with Crippen molar-refractivity contribution in [3.8, 4) is 5.75 Å². The monoisotopic (exact) mass is 449 g/mol. The average Bonchev–Trinajstić information content (AvgIpc) is 3.51. The molecule has 0 amide bonds. The molecule has 1 aliphatic heterocycles. The molecule has 5 nitrogen and oxygen atoms in total. The molecule has 0 radical (unpaired) electrons. The van der Waals surface area contributed by atoms with Crippen molar-refractivity contribution in [2.75, 3.05) is 13.4 Å². The maximum absolute atomic E-state index is 6.24. The first kappa shape index (κ1) is 20.9. The highest BCUT2D eigenvalue weighted by Gasteiger charge is 2.17. The van der Waals surface area contributed by atoms with Crippen molar-refractivity contribution in [2.45, 2.75) is 19.7 Å². The fraction of sp³-hybridized carbons (Fsp3) is 0.172. The molecule has 1 aromatic heterocycles. The Bertz CT molecular complexity index is 1420. The first-order valence-corrected chi connectivity index (χ1v) is 11.7. The summed E-state index contributed by atoms with van der Waals surface area (Å²) >= 11 is 0. The number of hydroxylamine groups is 2. The van der Waals surface area contributed by atoms with E-state index < -0.39 is 0 Å². The molecule has 2 heterocycles. The lowest BCUT2D eigenvalue weighted by molar-refractivity contribution is -0.117. The lowest BCUT2D eigenvalue weighted by Gasteiger charge is -2.12. The van der Waals surface area contributed by atoms with Gasteiger partial charge in [0.2, 0.25) is 0 Å². The second kappa shape index (κ2) is 9.31. The lowest BCUT2D eigenvalue weighted by Crippen LogP contribution is -2.20. The van der Waals surface area contributed by atoms with Crippen molar-refractivity contribution in [3.63, 3.8) is 0 Å². The summed E-state index contributed by atoms with van der Waals surface area (Å²) in [7, 11) is 0. The summed E-state index contributed by atoms with van der Waals surface area (Å²) in [4.78, 5) is 5.69. The van der Waals surface area contributed by atoms with Crippen molar-refractivity contribution in [3.05, 3.63) is 114 Å². The molecule has 170 valence electrons. The summed E-state index contributed by atoms with van der Waals surface area (Å²) in [5, 5.41) is 8.86. The van der Waals surface area contributed by atoms with Crippen LogP contribution in [0.25, 0.3) is 21.7 Å². The van der Waals surface area contributed by atoms with Gasteiger partial charge in [0.1, 0.15) is 19.1 Å². The van der Waals surface area contributed by atoms with Crippen LogP contribution in [0.3, 0.4) is 0 Å². The zero-order valence-electron chi connectivity index (χ0n) is 19.0. The van der Waals surface area contributed by atoms with Gasteiger partial charge in [-0.1, -0.05) is 66.7 Å². The van der Waals surface area contributed by atoms with Crippen LogP contribution >= 0.6 is 0 Å². The molecule has 0 aliphatic carbocycles. The van der Waals surface area contributed by atoms with Crippen LogP contribution in [0.5, 0.6) is 5.75 Å². The molecule has 1 fully saturated rings. The normalized spacial score (nSPS) is 14.2. The first-order valence-electron chi connectivity index (χ1n) is 11.7. The molecule has 34 heavy (non-hydrogen) atoms. The molecule has 4 aromatic carbocycles. The van der Waals surface area contributed by atoms with E-state index in [1.165, 1.54) is 32.8 Å². The Kier molecular flexibility index (Phi) is 5.73. The predicted molar refractivity (Wildman–Crippen MR) is 135 cm³/mol. The average molecular weight is 450 g/mol. The second-order valence-electron chi connectivity index (χ2n) is 8.74. The van der Waals surface area contributed by atoms with Crippen molar-refractivity contribution >= 4 is 21.7 Å². The van der Waals surface area contributed by atoms with Crippen LogP contribution in [-0.2, 0) is 24.5 Å².